The summed E-state index contributed by atoms with van der Waals surface area (Å²) in [5.41, 5.74) is -1.03. The van der Waals surface area contributed by atoms with E-state index in [-0.39, 0.29) is 29.5 Å². The minimum Gasteiger partial charge on any atom is -0.493 e. The lowest BCUT2D eigenvalue weighted by Gasteiger charge is -2.17. The molecule has 38 heavy (non-hydrogen) atoms. The molecule has 1 aromatic heterocycles. The zero-order valence-corrected chi connectivity index (χ0v) is 21.1. The SMILES string of the molecule is CCCc1c(OCCCCCCN2C(=O)CN(c3ccccc3)C2=O)ccc2c(C(F)(F)F)cc(=O)oc12. The molecule has 4 rings (SSSR count). The first-order valence-electron chi connectivity index (χ1n) is 12.7. The fourth-order valence-electron chi connectivity index (χ4n) is 4.60. The Morgan fingerprint density at radius 2 is 1.71 bits per heavy atom. The van der Waals surface area contributed by atoms with Crippen LogP contribution >= 0.6 is 0 Å². The number of amides is 3. The molecule has 1 fully saturated rings. The van der Waals surface area contributed by atoms with Gasteiger partial charge in [-0.15, -0.1) is 0 Å². The molecule has 0 saturated carbocycles. The Kier molecular flexibility index (Phi) is 8.38. The maximum Gasteiger partial charge on any atom is 0.417 e. The molecule has 0 spiro atoms. The van der Waals surface area contributed by atoms with Gasteiger partial charge in [0.15, 0.2) is 0 Å². The Hall–Kier alpha value is -3.82. The fraction of sp³-hybridized carbons (Fsp3) is 0.393. The Labute approximate surface area is 217 Å². The third kappa shape index (κ3) is 6.00. The van der Waals surface area contributed by atoms with E-state index in [0.29, 0.717) is 61.9 Å². The summed E-state index contributed by atoms with van der Waals surface area (Å²) >= 11 is 0. The highest BCUT2D eigenvalue weighted by molar-refractivity contribution is 6.12. The average Bonchev–Trinajstić information content (AvgIpc) is 3.17. The number of rotatable bonds is 11. The summed E-state index contributed by atoms with van der Waals surface area (Å²) in [4.78, 5) is 39.5. The van der Waals surface area contributed by atoms with Crippen LogP contribution in [-0.2, 0) is 17.4 Å². The number of carbonyl (C=O) groups excluding carboxylic acids is 2. The van der Waals surface area contributed by atoms with Crippen molar-refractivity contribution < 1.29 is 31.9 Å². The van der Waals surface area contributed by atoms with Gasteiger partial charge in [0, 0.05) is 29.2 Å². The molecule has 0 aliphatic carbocycles. The van der Waals surface area contributed by atoms with Gasteiger partial charge in [-0.05, 0) is 43.5 Å². The number of hydrogen-bond acceptors (Lipinski definition) is 5. The van der Waals surface area contributed by atoms with E-state index in [1.807, 2.05) is 25.1 Å². The number of ether oxygens (including phenoxy) is 1. The zero-order valence-electron chi connectivity index (χ0n) is 21.1. The van der Waals surface area contributed by atoms with Crippen molar-refractivity contribution in [1.82, 2.24) is 4.90 Å². The number of benzene rings is 2. The maximum atomic E-state index is 13.5. The van der Waals surface area contributed by atoms with Crippen molar-refractivity contribution in [1.29, 1.82) is 0 Å². The number of nitrogens with zero attached hydrogens (tertiary/aromatic N) is 2. The summed E-state index contributed by atoms with van der Waals surface area (Å²) in [6, 6.07) is 12.0. The van der Waals surface area contributed by atoms with Gasteiger partial charge in [-0.3, -0.25) is 14.6 Å². The summed E-state index contributed by atoms with van der Waals surface area (Å²) in [5, 5.41) is -0.162. The Bertz CT molecular complexity index is 1350. The normalized spacial score (nSPS) is 14.1. The van der Waals surface area contributed by atoms with Gasteiger partial charge in [0.05, 0.1) is 12.2 Å². The number of unbranched alkanes of at least 4 members (excludes halogenated alkanes) is 3. The van der Waals surface area contributed by atoms with Crippen LogP contribution in [0.2, 0.25) is 0 Å². The predicted octanol–water partition coefficient (Wildman–Crippen LogP) is 6.17. The highest BCUT2D eigenvalue weighted by Crippen LogP contribution is 2.37. The van der Waals surface area contributed by atoms with Gasteiger partial charge in [0.2, 0.25) is 0 Å². The summed E-state index contributed by atoms with van der Waals surface area (Å²) in [6.45, 7) is 2.58. The number of para-hydroxylation sites is 1. The van der Waals surface area contributed by atoms with Gasteiger partial charge in [-0.1, -0.05) is 44.4 Å². The highest BCUT2D eigenvalue weighted by atomic mass is 19.4. The lowest BCUT2D eigenvalue weighted by Crippen LogP contribution is -2.33. The molecule has 202 valence electrons. The molecule has 0 bridgehead atoms. The molecule has 1 aliphatic heterocycles. The molecule has 0 atom stereocenters. The largest absolute Gasteiger partial charge is 0.493 e. The monoisotopic (exact) mass is 530 g/mol. The Balaban J connectivity index is 1.29. The minimum atomic E-state index is -4.68. The molecule has 10 heteroatoms. The maximum absolute atomic E-state index is 13.5. The highest BCUT2D eigenvalue weighted by Gasteiger charge is 2.36. The average molecular weight is 531 g/mol. The van der Waals surface area contributed by atoms with Gasteiger partial charge in [0.25, 0.3) is 5.91 Å². The van der Waals surface area contributed by atoms with Crippen LogP contribution in [0.5, 0.6) is 5.75 Å². The van der Waals surface area contributed by atoms with E-state index in [4.69, 9.17) is 9.15 Å². The molecular formula is C28H29F3N2O5. The van der Waals surface area contributed by atoms with Crippen molar-refractivity contribution in [2.24, 2.45) is 0 Å². The van der Waals surface area contributed by atoms with Crippen molar-refractivity contribution in [3.05, 3.63) is 70.1 Å². The van der Waals surface area contributed by atoms with Crippen LogP contribution in [0.25, 0.3) is 11.0 Å². The number of halogens is 3. The molecular weight excluding hydrogens is 501 g/mol. The second-order valence-corrected chi connectivity index (χ2v) is 9.16. The van der Waals surface area contributed by atoms with Crippen LogP contribution < -0.4 is 15.3 Å². The smallest absolute Gasteiger partial charge is 0.417 e. The number of urea groups is 1. The van der Waals surface area contributed by atoms with Crippen LogP contribution in [0.3, 0.4) is 0 Å². The lowest BCUT2D eigenvalue weighted by atomic mass is 10.0. The Morgan fingerprint density at radius 3 is 2.42 bits per heavy atom. The van der Waals surface area contributed by atoms with Gasteiger partial charge >= 0.3 is 17.8 Å². The van der Waals surface area contributed by atoms with Gasteiger partial charge in [-0.2, -0.15) is 13.2 Å². The molecule has 1 saturated heterocycles. The van der Waals surface area contributed by atoms with Crippen LogP contribution in [0.1, 0.15) is 50.2 Å². The van der Waals surface area contributed by atoms with Crippen molar-refractivity contribution >= 4 is 28.6 Å². The molecule has 0 unspecified atom stereocenters. The molecule has 1 aliphatic rings. The van der Waals surface area contributed by atoms with Crippen LogP contribution in [-0.4, -0.2) is 36.5 Å². The van der Waals surface area contributed by atoms with E-state index in [9.17, 15) is 27.6 Å². The van der Waals surface area contributed by atoms with Crippen molar-refractivity contribution in [2.45, 2.75) is 51.6 Å². The number of carbonyl (C=O) groups is 2. The molecule has 0 radical (unpaired) electrons. The summed E-state index contributed by atoms with van der Waals surface area (Å²) in [7, 11) is 0. The third-order valence-electron chi connectivity index (χ3n) is 6.44. The van der Waals surface area contributed by atoms with Crippen LogP contribution in [0, 0.1) is 0 Å². The van der Waals surface area contributed by atoms with Crippen LogP contribution in [0.4, 0.5) is 23.7 Å². The number of aryl methyl sites for hydroxylation is 1. The van der Waals surface area contributed by atoms with Gasteiger partial charge < -0.3 is 9.15 Å². The molecule has 3 amide bonds. The van der Waals surface area contributed by atoms with Gasteiger partial charge in [0.1, 0.15) is 17.9 Å². The minimum absolute atomic E-state index is 0.0348. The third-order valence-corrected chi connectivity index (χ3v) is 6.44. The van der Waals surface area contributed by atoms with Crippen LogP contribution in [0.15, 0.2) is 57.7 Å². The van der Waals surface area contributed by atoms with Gasteiger partial charge in [-0.25, -0.2) is 9.59 Å². The summed E-state index contributed by atoms with van der Waals surface area (Å²) < 4.78 is 51.4. The van der Waals surface area contributed by atoms with Crippen molar-refractivity contribution in [3.8, 4) is 5.75 Å². The topological polar surface area (TPSA) is 80.1 Å². The standard InChI is InChI=1S/C28H29F3N2O5/c1-2-10-21-23(14-13-20-22(28(29,30)31)17-25(35)38-26(20)21)37-16-9-4-3-8-15-32-24(34)18-33(27(32)36)19-11-6-5-7-12-19/h5-7,11-14,17H,2-4,8-10,15-16,18H2,1H3. The number of hydrogen-bond donors (Lipinski definition) is 0. The van der Waals surface area contributed by atoms with E-state index >= 15 is 0 Å². The van der Waals surface area contributed by atoms with E-state index in [2.05, 4.69) is 0 Å². The van der Waals surface area contributed by atoms with Crippen molar-refractivity contribution in [3.63, 3.8) is 0 Å². The fourth-order valence-corrected chi connectivity index (χ4v) is 4.60. The molecule has 2 heterocycles. The Morgan fingerprint density at radius 1 is 0.974 bits per heavy atom. The molecule has 3 aromatic rings. The van der Waals surface area contributed by atoms with E-state index in [1.54, 1.807) is 12.1 Å². The number of alkyl halides is 3. The quantitative estimate of drug-likeness (QED) is 0.168. The second-order valence-electron chi connectivity index (χ2n) is 9.16. The number of imide groups is 1. The number of anilines is 1. The second kappa shape index (κ2) is 11.7. The lowest BCUT2D eigenvalue weighted by molar-refractivity contribution is -0.136. The van der Waals surface area contributed by atoms with E-state index in [0.717, 1.165) is 12.8 Å². The van der Waals surface area contributed by atoms with E-state index < -0.39 is 17.4 Å². The first kappa shape index (κ1) is 27.2. The van der Waals surface area contributed by atoms with Crippen molar-refractivity contribution in [2.75, 3.05) is 24.6 Å². The first-order valence-corrected chi connectivity index (χ1v) is 12.7. The molecule has 0 N–H and O–H groups in total. The molecule has 7 nitrogen and oxygen atoms in total. The first-order chi connectivity index (χ1) is 18.2. The molecule has 2 aromatic carbocycles. The zero-order chi connectivity index (χ0) is 27.3. The van der Waals surface area contributed by atoms with E-state index in [1.165, 1.54) is 21.9 Å². The summed E-state index contributed by atoms with van der Waals surface area (Å²) in [6.07, 6.45) is -0.765. The number of fused-ring (bicyclic) bond motifs is 1. The summed E-state index contributed by atoms with van der Waals surface area (Å²) in [5.74, 6) is 0.179. The predicted molar refractivity (Wildman–Crippen MR) is 136 cm³/mol.